The molecule has 15 heavy (non-hydrogen) atoms. The van der Waals surface area contributed by atoms with Gasteiger partial charge in [0.25, 0.3) is 0 Å². The summed E-state index contributed by atoms with van der Waals surface area (Å²) in [4.78, 5) is 0. The maximum Gasteiger partial charge on any atom is 0.120 e. The van der Waals surface area contributed by atoms with Crippen molar-refractivity contribution in [3.05, 3.63) is 24.2 Å². The molecule has 0 aliphatic heterocycles. The molecule has 0 spiro atoms. The Labute approximate surface area is 93.7 Å². The van der Waals surface area contributed by atoms with Gasteiger partial charge in [-0.15, -0.1) is 0 Å². The molecule has 0 radical (unpaired) electrons. The van der Waals surface area contributed by atoms with Gasteiger partial charge in [-0.05, 0) is 31.5 Å². The first-order valence-electron chi connectivity index (χ1n) is 5.31. The van der Waals surface area contributed by atoms with E-state index in [-0.39, 0.29) is 6.04 Å². The molecule has 0 amide bonds. The van der Waals surface area contributed by atoms with Crippen LogP contribution in [0.1, 0.15) is 31.6 Å². The van der Waals surface area contributed by atoms with Crippen LogP contribution in [0.2, 0.25) is 0 Å². The maximum absolute atomic E-state index is 10.9. The lowest BCUT2D eigenvalue weighted by atomic mass is 10.1. The first kappa shape index (κ1) is 12.5. The molecule has 0 aliphatic rings. The Morgan fingerprint density at radius 3 is 2.93 bits per heavy atom. The van der Waals surface area contributed by atoms with Crippen LogP contribution >= 0.6 is 0 Å². The fourth-order valence-electron chi connectivity index (χ4n) is 1.49. The Balaban J connectivity index is 2.26. The molecule has 0 aromatic carbocycles. The number of rotatable bonds is 7. The monoisotopic (exact) mass is 229 g/mol. The lowest BCUT2D eigenvalue weighted by Crippen LogP contribution is -2.22. The average Bonchev–Trinajstić information content (AvgIpc) is 2.70. The predicted molar refractivity (Wildman–Crippen MR) is 63.3 cm³/mol. The fourth-order valence-corrected chi connectivity index (χ4v) is 2.04. The highest BCUT2D eigenvalue weighted by atomic mass is 32.2. The van der Waals surface area contributed by atoms with E-state index in [4.69, 9.17) is 4.42 Å². The average molecular weight is 229 g/mol. The molecular weight excluding hydrogens is 210 g/mol. The van der Waals surface area contributed by atoms with E-state index in [1.165, 1.54) is 0 Å². The first-order valence-corrected chi connectivity index (χ1v) is 7.03. The highest BCUT2D eigenvalue weighted by Crippen LogP contribution is 2.16. The molecule has 0 aliphatic carbocycles. The van der Waals surface area contributed by atoms with E-state index in [2.05, 4.69) is 12.2 Å². The van der Waals surface area contributed by atoms with Crippen LogP contribution in [0.5, 0.6) is 0 Å². The Morgan fingerprint density at radius 1 is 1.60 bits per heavy atom. The Hall–Kier alpha value is -0.610. The molecule has 2 unspecified atom stereocenters. The van der Waals surface area contributed by atoms with Crippen LogP contribution in [0.4, 0.5) is 0 Å². The van der Waals surface area contributed by atoms with Crippen molar-refractivity contribution in [1.82, 2.24) is 5.32 Å². The summed E-state index contributed by atoms with van der Waals surface area (Å²) in [5.41, 5.74) is 0. The molecule has 1 N–H and O–H groups in total. The summed E-state index contributed by atoms with van der Waals surface area (Å²) in [6.45, 7) is 3.01. The SMILES string of the molecule is CCC(NCCCS(C)=O)c1ccco1. The molecule has 0 saturated carbocycles. The van der Waals surface area contributed by atoms with Crippen LogP contribution in [0.15, 0.2) is 22.8 Å². The second kappa shape index (κ2) is 6.80. The van der Waals surface area contributed by atoms with Gasteiger partial charge < -0.3 is 9.73 Å². The Morgan fingerprint density at radius 2 is 2.40 bits per heavy atom. The lowest BCUT2D eigenvalue weighted by molar-refractivity contribution is 0.405. The maximum atomic E-state index is 10.9. The van der Waals surface area contributed by atoms with E-state index in [0.717, 1.165) is 30.9 Å². The minimum absolute atomic E-state index is 0.283. The minimum Gasteiger partial charge on any atom is -0.468 e. The molecular formula is C11H19NO2S. The fraction of sp³-hybridized carbons (Fsp3) is 0.636. The van der Waals surface area contributed by atoms with Crippen molar-refractivity contribution < 1.29 is 8.63 Å². The lowest BCUT2D eigenvalue weighted by Gasteiger charge is -2.13. The number of hydrogen-bond acceptors (Lipinski definition) is 3. The van der Waals surface area contributed by atoms with E-state index in [1.807, 2.05) is 12.1 Å². The minimum atomic E-state index is -0.682. The third-order valence-corrected chi connectivity index (χ3v) is 3.16. The smallest absolute Gasteiger partial charge is 0.120 e. The molecule has 1 aromatic rings. The normalized spacial score (nSPS) is 15.1. The number of nitrogens with one attached hydrogen (secondary N) is 1. The summed E-state index contributed by atoms with van der Waals surface area (Å²) in [6, 6.07) is 4.17. The van der Waals surface area contributed by atoms with E-state index in [9.17, 15) is 4.21 Å². The molecule has 1 heterocycles. The van der Waals surface area contributed by atoms with Gasteiger partial charge in [-0.2, -0.15) is 0 Å². The van der Waals surface area contributed by atoms with Crippen LogP contribution in [0, 0.1) is 0 Å². The standard InChI is InChI=1S/C11H19NO2S/c1-3-10(11-6-4-8-14-11)12-7-5-9-15(2)13/h4,6,8,10,12H,3,5,7,9H2,1-2H3. The van der Waals surface area contributed by atoms with Gasteiger partial charge in [0.2, 0.25) is 0 Å². The number of furan rings is 1. The van der Waals surface area contributed by atoms with Gasteiger partial charge in [0, 0.05) is 22.8 Å². The quantitative estimate of drug-likeness (QED) is 0.728. The van der Waals surface area contributed by atoms with Crippen LogP contribution in [-0.4, -0.2) is 22.8 Å². The second-order valence-electron chi connectivity index (χ2n) is 3.56. The van der Waals surface area contributed by atoms with Gasteiger partial charge in [-0.1, -0.05) is 6.92 Å². The highest BCUT2D eigenvalue weighted by Gasteiger charge is 2.10. The van der Waals surface area contributed by atoms with Crippen molar-refractivity contribution in [3.8, 4) is 0 Å². The predicted octanol–water partition coefficient (Wildman–Crippen LogP) is 2.09. The number of hydrogen-bond donors (Lipinski definition) is 1. The summed E-state index contributed by atoms with van der Waals surface area (Å²) in [5, 5.41) is 3.40. The summed E-state index contributed by atoms with van der Waals surface area (Å²) < 4.78 is 16.2. The van der Waals surface area contributed by atoms with Gasteiger partial charge in [0.1, 0.15) is 5.76 Å². The van der Waals surface area contributed by atoms with Crippen molar-refractivity contribution in [2.24, 2.45) is 0 Å². The van der Waals surface area contributed by atoms with Crippen molar-refractivity contribution in [2.75, 3.05) is 18.6 Å². The summed E-state index contributed by atoms with van der Waals surface area (Å²) in [6.07, 6.45) is 5.38. The largest absolute Gasteiger partial charge is 0.468 e. The van der Waals surface area contributed by atoms with E-state index in [1.54, 1.807) is 12.5 Å². The van der Waals surface area contributed by atoms with E-state index in [0.29, 0.717) is 0 Å². The molecule has 1 rings (SSSR count). The van der Waals surface area contributed by atoms with E-state index < -0.39 is 10.8 Å². The third kappa shape index (κ3) is 4.62. The summed E-state index contributed by atoms with van der Waals surface area (Å²) >= 11 is 0. The van der Waals surface area contributed by atoms with Gasteiger partial charge in [-0.3, -0.25) is 4.21 Å². The topological polar surface area (TPSA) is 42.2 Å². The van der Waals surface area contributed by atoms with Crippen molar-refractivity contribution >= 4 is 10.8 Å². The molecule has 2 atom stereocenters. The second-order valence-corrected chi connectivity index (χ2v) is 5.12. The van der Waals surface area contributed by atoms with E-state index >= 15 is 0 Å². The van der Waals surface area contributed by atoms with Crippen molar-refractivity contribution in [1.29, 1.82) is 0 Å². The zero-order valence-corrected chi connectivity index (χ0v) is 10.2. The molecule has 0 fully saturated rings. The molecule has 1 aromatic heterocycles. The Bertz CT molecular complexity index is 285. The summed E-state index contributed by atoms with van der Waals surface area (Å²) in [5.74, 6) is 1.75. The van der Waals surface area contributed by atoms with Gasteiger partial charge >= 0.3 is 0 Å². The molecule has 4 heteroatoms. The van der Waals surface area contributed by atoms with Crippen LogP contribution in [0.3, 0.4) is 0 Å². The Kier molecular flexibility index (Phi) is 5.65. The molecule has 3 nitrogen and oxygen atoms in total. The van der Waals surface area contributed by atoms with Crippen LogP contribution < -0.4 is 5.32 Å². The molecule has 0 saturated heterocycles. The van der Waals surface area contributed by atoms with Crippen molar-refractivity contribution in [2.45, 2.75) is 25.8 Å². The van der Waals surface area contributed by atoms with Crippen LogP contribution in [-0.2, 0) is 10.8 Å². The first-order chi connectivity index (χ1) is 7.24. The zero-order valence-electron chi connectivity index (χ0n) is 9.36. The molecule has 0 bridgehead atoms. The van der Waals surface area contributed by atoms with Crippen LogP contribution in [0.25, 0.3) is 0 Å². The van der Waals surface area contributed by atoms with Gasteiger partial charge in [-0.25, -0.2) is 0 Å². The third-order valence-electron chi connectivity index (χ3n) is 2.29. The van der Waals surface area contributed by atoms with Gasteiger partial charge in [0.05, 0.1) is 12.3 Å². The summed E-state index contributed by atoms with van der Waals surface area (Å²) in [7, 11) is -0.682. The highest BCUT2D eigenvalue weighted by molar-refractivity contribution is 7.84. The molecule has 86 valence electrons. The van der Waals surface area contributed by atoms with Gasteiger partial charge in [0.15, 0.2) is 0 Å². The zero-order chi connectivity index (χ0) is 11.1. The van der Waals surface area contributed by atoms with Crippen molar-refractivity contribution in [3.63, 3.8) is 0 Å².